The van der Waals surface area contributed by atoms with Gasteiger partial charge in [0.1, 0.15) is 0 Å². The van der Waals surface area contributed by atoms with E-state index in [1.165, 1.54) is 47.0 Å². The van der Waals surface area contributed by atoms with Crippen LogP contribution in [-0.4, -0.2) is 67.1 Å². The summed E-state index contributed by atoms with van der Waals surface area (Å²) in [7, 11) is 0. The third-order valence-electron chi connectivity index (χ3n) is 3.86. The topological polar surface area (TPSA) is 68.3 Å². The van der Waals surface area contributed by atoms with Gasteiger partial charge in [0.05, 0.1) is 23.0 Å². The Labute approximate surface area is 193 Å². The number of ketones is 4. The summed E-state index contributed by atoms with van der Waals surface area (Å²) in [6, 6.07) is 0. The predicted octanol–water partition coefficient (Wildman–Crippen LogP) is 4.82. The van der Waals surface area contributed by atoms with Gasteiger partial charge in [-0.05, 0) is 21.0 Å². The van der Waals surface area contributed by atoms with Crippen LogP contribution in [0, 0.1) is 5.41 Å². The molecule has 0 fully saturated rings. The van der Waals surface area contributed by atoms with Crippen molar-refractivity contribution in [2.75, 3.05) is 23.0 Å². The molecule has 29 heavy (non-hydrogen) atoms. The molecule has 0 radical (unpaired) electrons. The first-order chi connectivity index (χ1) is 13.3. The zero-order chi connectivity index (χ0) is 22.8. The van der Waals surface area contributed by atoms with Crippen LogP contribution in [-0.2, 0) is 19.2 Å². The first kappa shape index (κ1) is 29.1. The van der Waals surface area contributed by atoms with E-state index in [4.69, 9.17) is 0 Å². The summed E-state index contributed by atoms with van der Waals surface area (Å²) in [6.45, 7) is 15.6. The molecule has 0 saturated heterocycles. The molecule has 0 aliphatic carbocycles. The molecule has 0 bridgehead atoms. The van der Waals surface area contributed by atoms with Gasteiger partial charge in [0.2, 0.25) is 5.41 Å². The van der Waals surface area contributed by atoms with Gasteiger partial charge >= 0.3 is 0 Å². The van der Waals surface area contributed by atoms with Gasteiger partial charge in [0.15, 0.2) is 23.1 Å². The molecule has 168 valence electrons. The van der Waals surface area contributed by atoms with Gasteiger partial charge < -0.3 is 0 Å². The Balaban J connectivity index is 6.12. The lowest BCUT2D eigenvalue weighted by molar-refractivity contribution is -0.151. The van der Waals surface area contributed by atoms with E-state index in [0.717, 1.165) is 0 Å². The van der Waals surface area contributed by atoms with Crippen molar-refractivity contribution in [2.45, 2.75) is 76.4 Å². The fourth-order valence-corrected chi connectivity index (χ4v) is 5.14. The van der Waals surface area contributed by atoms with E-state index >= 15 is 0 Å². The number of carbonyl (C=O) groups is 4. The lowest BCUT2D eigenvalue weighted by atomic mass is 9.73. The molecule has 0 rings (SSSR count). The predicted molar refractivity (Wildman–Crippen MR) is 133 cm³/mol. The van der Waals surface area contributed by atoms with Crippen molar-refractivity contribution in [3.8, 4) is 0 Å². The highest BCUT2D eigenvalue weighted by molar-refractivity contribution is 8.01. The summed E-state index contributed by atoms with van der Waals surface area (Å²) >= 11 is 5.46. The lowest BCUT2D eigenvalue weighted by Crippen LogP contribution is -2.56. The number of hydrogen-bond donors (Lipinski definition) is 0. The highest BCUT2D eigenvalue weighted by Gasteiger charge is 2.56. The Kier molecular flexibility index (Phi) is 14.2. The van der Waals surface area contributed by atoms with E-state index in [1.54, 1.807) is 0 Å². The maximum atomic E-state index is 13.3. The van der Waals surface area contributed by atoms with Crippen molar-refractivity contribution in [3.63, 3.8) is 0 Å². The van der Waals surface area contributed by atoms with Crippen LogP contribution >= 0.6 is 47.0 Å². The minimum Gasteiger partial charge on any atom is -0.297 e. The summed E-state index contributed by atoms with van der Waals surface area (Å²) in [5.74, 6) is -2.22. The smallest absolute Gasteiger partial charge is 0.206 e. The Morgan fingerprint density at radius 3 is 0.793 bits per heavy atom. The molecular weight excluding hydrogens is 444 g/mol. The molecule has 0 unspecified atom stereocenters. The normalized spacial score (nSPS) is 12.3. The van der Waals surface area contributed by atoms with Crippen molar-refractivity contribution < 1.29 is 19.2 Å². The molecule has 0 N–H and O–H groups in total. The van der Waals surface area contributed by atoms with Crippen LogP contribution in [0.25, 0.3) is 0 Å². The molecule has 0 aromatic rings. The lowest BCUT2D eigenvalue weighted by Gasteiger charge is -2.29. The fourth-order valence-electron chi connectivity index (χ4n) is 2.34. The second-order valence-corrected chi connectivity index (χ2v) is 14.1. The molecule has 0 aliphatic heterocycles. The van der Waals surface area contributed by atoms with Crippen molar-refractivity contribution in [1.29, 1.82) is 0 Å². The van der Waals surface area contributed by atoms with Gasteiger partial charge in [-0.2, -0.15) is 47.0 Å². The summed E-state index contributed by atoms with van der Waals surface area (Å²) in [5, 5.41) is 0.656. The van der Waals surface area contributed by atoms with Crippen molar-refractivity contribution in [1.82, 2.24) is 0 Å². The summed E-state index contributed by atoms with van der Waals surface area (Å²) in [5.41, 5.74) is -2.16. The van der Waals surface area contributed by atoms with E-state index in [2.05, 4.69) is 0 Å². The van der Waals surface area contributed by atoms with E-state index < -0.39 is 28.5 Å². The Morgan fingerprint density at radius 1 is 0.483 bits per heavy atom. The third kappa shape index (κ3) is 9.83. The van der Waals surface area contributed by atoms with Gasteiger partial charge in [-0.3, -0.25) is 19.2 Å². The zero-order valence-electron chi connectivity index (χ0n) is 18.9. The molecule has 0 aliphatic rings. The van der Waals surface area contributed by atoms with E-state index in [-0.39, 0.29) is 44.0 Å². The second-order valence-electron chi connectivity index (χ2n) is 7.88. The molecule has 0 atom stereocenters. The first-order valence-corrected chi connectivity index (χ1v) is 14.1. The molecule has 0 aromatic heterocycles. The first-order valence-electron chi connectivity index (χ1n) is 9.95. The van der Waals surface area contributed by atoms with Gasteiger partial charge in [-0.15, -0.1) is 0 Å². The summed E-state index contributed by atoms with van der Waals surface area (Å²) in [4.78, 5) is 53.3. The second kappa shape index (κ2) is 14.2. The Bertz CT molecular complexity index is 470. The summed E-state index contributed by atoms with van der Waals surface area (Å²) in [6.07, 6.45) is 0. The number of thioether (sulfide) groups is 4. The van der Waals surface area contributed by atoms with Gasteiger partial charge in [-0.25, -0.2) is 0 Å². The van der Waals surface area contributed by atoms with Crippen LogP contribution in [0.4, 0.5) is 0 Å². The molecule has 8 heteroatoms. The average Bonchev–Trinajstić information content (AvgIpc) is 2.61. The van der Waals surface area contributed by atoms with Crippen LogP contribution in [0.15, 0.2) is 0 Å². The standard InChI is InChI=1S/C21H36O4S4/c1-13(2)26-9-17(22)21(18(23)10-27-14(3)4,19(24)11-28-15(5)6)20(25)12-29-16(7)8/h13-16H,9-12H2,1-8H3. The molecule has 0 saturated carbocycles. The average molecular weight is 481 g/mol. The Morgan fingerprint density at radius 2 is 0.655 bits per heavy atom. The van der Waals surface area contributed by atoms with Crippen molar-refractivity contribution in [3.05, 3.63) is 0 Å². The fraction of sp³-hybridized carbons (Fsp3) is 0.810. The number of rotatable bonds is 16. The van der Waals surface area contributed by atoms with Crippen LogP contribution < -0.4 is 0 Å². The SMILES string of the molecule is CC(C)SCC(=O)C(C(=O)CSC(C)C)(C(=O)CSC(C)C)C(=O)CSC(C)C. The maximum Gasteiger partial charge on any atom is 0.206 e. The highest BCUT2D eigenvalue weighted by Crippen LogP contribution is 2.32. The minimum atomic E-state index is -2.16. The Hall–Kier alpha value is 0.0800. The monoisotopic (exact) mass is 480 g/mol. The van der Waals surface area contributed by atoms with Crippen molar-refractivity contribution >= 4 is 70.2 Å². The van der Waals surface area contributed by atoms with Crippen LogP contribution in [0.5, 0.6) is 0 Å². The zero-order valence-corrected chi connectivity index (χ0v) is 22.2. The van der Waals surface area contributed by atoms with Gasteiger partial charge in [-0.1, -0.05) is 55.4 Å². The molecule has 0 heterocycles. The molecule has 0 aromatic carbocycles. The molecule has 0 amide bonds. The van der Waals surface area contributed by atoms with Crippen LogP contribution in [0.2, 0.25) is 0 Å². The van der Waals surface area contributed by atoms with Gasteiger partial charge in [0.25, 0.3) is 0 Å². The molecule has 0 spiro atoms. The van der Waals surface area contributed by atoms with Gasteiger partial charge in [0, 0.05) is 0 Å². The van der Waals surface area contributed by atoms with Crippen LogP contribution in [0.3, 0.4) is 0 Å². The largest absolute Gasteiger partial charge is 0.297 e. The van der Waals surface area contributed by atoms with E-state index in [1.807, 2.05) is 55.4 Å². The molecular formula is C21H36O4S4. The van der Waals surface area contributed by atoms with E-state index in [9.17, 15) is 19.2 Å². The number of Topliss-reactive ketones (excluding diaryl/α,β-unsaturated/α-hetero) is 4. The summed E-state index contributed by atoms with van der Waals surface area (Å²) < 4.78 is 0. The minimum absolute atomic E-state index is 0.00801. The number of hydrogen-bond acceptors (Lipinski definition) is 8. The maximum absolute atomic E-state index is 13.3. The van der Waals surface area contributed by atoms with Crippen LogP contribution in [0.1, 0.15) is 55.4 Å². The highest BCUT2D eigenvalue weighted by atomic mass is 32.2. The number of carbonyl (C=O) groups excluding carboxylic acids is 4. The quantitative estimate of drug-likeness (QED) is 0.291. The molecule has 4 nitrogen and oxygen atoms in total. The van der Waals surface area contributed by atoms with E-state index in [0.29, 0.717) is 0 Å². The van der Waals surface area contributed by atoms with Crippen molar-refractivity contribution in [2.24, 2.45) is 5.41 Å². The third-order valence-corrected chi connectivity index (χ3v) is 8.25.